The molecule has 0 heterocycles. The molecule has 0 aliphatic rings. The minimum atomic E-state index is -1.07. The number of hydrogen-bond donors (Lipinski definition) is 2. The third-order valence-electron chi connectivity index (χ3n) is 2.36. The average Bonchev–Trinajstić information content (AvgIpc) is 2.38. The molecule has 2 N–H and O–H groups in total. The Morgan fingerprint density at radius 1 is 1.42 bits per heavy atom. The van der Waals surface area contributed by atoms with E-state index in [2.05, 4.69) is 5.32 Å². The van der Waals surface area contributed by atoms with E-state index < -0.39 is 17.9 Å². The first kappa shape index (κ1) is 14.8. The van der Waals surface area contributed by atoms with Crippen LogP contribution in [0.1, 0.15) is 19.4 Å². The van der Waals surface area contributed by atoms with Crippen molar-refractivity contribution in [2.24, 2.45) is 0 Å². The highest BCUT2D eigenvalue weighted by molar-refractivity contribution is 5.94. The fourth-order valence-corrected chi connectivity index (χ4v) is 1.39. The van der Waals surface area contributed by atoms with E-state index in [0.717, 1.165) is 5.56 Å². The molecular weight excluding hydrogens is 246 g/mol. The minimum Gasteiger partial charge on any atom is -0.493 e. The molecule has 0 bridgehead atoms. The number of hydrogen-bond acceptors (Lipinski definition) is 3. The van der Waals surface area contributed by atoms with Gasteiger partial charge in [0.1, 0.15) is 11.8 Å². The normalized spacial score (nSPS) is 12.1. The molecular formula is C14H17NO4. The molecule has 0 fully saturated rings. The molecule has 1 rings (SSSR count). The maximum absolute atomic E-state index is 11.5. The van der Waals surface area contributed by atoms with Crippen LogP contribution in [0.3, 0.4) is 0 Å². The first-order chi connectivity index (χ1) is 9.04. The zero-order valence-corrected chi connectivity index (χ0v) is 10.9. The molecule has 1 aromatic carbocycles. The van der Waals surface area contributed by atoms with Crippen molar-refractivity contribution in [1.29, 1.82) is 0 Å². The number of carbonyl (C=O) groups excluding carboxylic acids is 1. The van der Waals surface area contributed by atoms with Gasteiger partial charge in [-0.3, -0.25) is 9.59 Å². The number of carboxylic acid groups (broad SMARTS) is 1. The Hall–Kier alpha value is -2.30. The molecule has 5 heteroatoms. The second-order valence-corrected chi connectivity index (χ2v) is 3.87. The highest BCUT2D eigenvalue weighted by Gasteiger charge is 2.11. The van der Waals surface area contributed by atoms with Crippen LogP contribution in [0.2, 0.25) is 0 Å². The standard InChI is InChI=1S/C14H17NO4/c1-3-19-12-7-5-4-6-11(12)8-9-13(16)15-10(2)14(17)18/h4-10H,3H2,1-2H3,(H,15,16)(H,17,18)/t10-/m1/s1. The second-order valence-electron chi connectivity index (χ2n) is 3.87. The molecule has 0 spiro atoms. The predicted octanol–water partition coefficient (Wildman–Crippen LogP) is 1.69. The van der Waals surface area contributed by atoms with E-state index in [1.165, 1.54) is 13.0 Å². The summed E-state index contributed by atoms with van der Waals surface area (Å²) >= 11 is 0. The molecule has 5 nitrogen and oxygen atoms in total. The zero-order chi connectivity index (χ0) is 14.3. The molecule has 102 valence electrons. The number of benzene rings is 1. The van der Waals surface area contributed by atoms with Gasteiger partial charge in [0.25, 0.3) is 0 Å². The summed E-state index contributed by atoms with van der Waals surface area (Å²) in [7, 11) is 0. The van der Waals surface area contributed by atoms with Crippen LogP contribution in [-0.4, -0.2) is 29.6 Å². The Balaban J connectivity index is 2.71. The molecule has 0 unspecified atom stereocenters. The van der Waals surface area contributed by atoms with E-state index in [9.17, 15) is 9.59 Å². The minimum absolute atomic E-state index is 0.457. The first-order valence-electron chi connectivity index (χ1n) is 5.97. The molecule has 0 saturated carbocycles. The number of nitrogens with one attached hydrogen (secondary N) is 1. The van der Waals surface area contributed by atoms with Gasteiger partial charge in [0, 0.05) is 11.6 Å². The molecule has 0 radical (unpaired) electrons. The van der Waals surface area contributed by atoms with Crippen LogP contribution >= 0.6 is 0 Å². The monoisotopic (exact) mass is 263 g/mol. The molecule has 1 amide bonds. The van der Waals surface area contributed by atoms with E-state index in [-0.39, 0.29) is 0 Å². The Bertz CT molecular complexity index is 482. The molecule has 1 atom stereocenters. The number of amides is 1. The van der Waals surface area contributed by atoms with Gasteiger partial charge in [-0.15, -0.1) is 0 Å². The summed E-state index contributed by atoms with van der Waals surface area (Å²) in [5, 5.41) is 11.0. The lowest BCUT2D eigenvalue weighted by atomic mass is 10.2. The molecule has 0 aliphatic heterocycles. The van der Waals surface area contributed by atoms with Gasteiger partial charge in [-0.25, -0.2) is 0 Å². The summed E-state index contributed by atoms with van der Waals surface area (Å²) in [4.78, 5) is 22.1. The van der Waals surface area contributed by atoms with Crippen LogP contribution in [-0.2, 0) is 9.59 Å². The van der Waals surface area contributed by atoms with E-state index in [1.807, 2.05) is 25.1 Å². The first-order valence-corrected chi connectivity index (χ1v) is 5.97. The maximum atomic E-state index is 11.5. The molecule has 0 saturated heterocycles. The number of rotatable bonds is 6. The van der Waals surface area contributed by atoms with E-state index >= 15 is 0 Å². The van der Waals surface area contributed by atoms with Crippen LogP contribution in [0.4, 0.5) is 0 Å². The quantitative estimate of drug-likeness (QED) is 0.766. The number of carbonyl (C=O) groups is 2. The van der Waals surface area contributed by atoms with Gasteiger partial charge in [0.2, 0.25) is 5.91 Å². The lowest BCUT2D eigenvalue weighted by molar-refractivity contribution is -0.140. The fraction of sp³-hybridized carbons (Fsp3) is 0.286. The lowest BCUT2D eigenvalue weighted by Gasteiger charge is -2.07. The molecule has 0 aromatic heterocycles. The van der Waals surface area contributed by atoms with Crippen LogP contribution in [0.25, 0.3) is 6.08 Å². The molecule has 0 aliphatic carbocycles. The van der Waals surface area contributed by atoms with Crippen LogP contribution < -0.4 is 10.1 Å². The molecule has 19 heavy (non-hydrogen) atoms. The number of aliphatic carboxylic acids is 1. The van der Waals surface area contributed by atoms with Gasteiger partial charge in [-0.05, 0) is 26.0 Å². The highest BCUT2D eigenvalue weighted by Crippen LogP contribution is 2.19. The third-order valence-corrected chi connectivity index (χ3v) is 2.36. The zero-order valence-electron chi connectivity index (χ0n) is 10.9. The van der Waals surface area contributed by atoms with E-state index in [0.29, 0.717) is 12.4 Å². The highest BCUT2D eigenvalue weighted by atomic mass is 16.5. The number of carboxylic acids is 1. The third kappa shape index (κ3) is 4.83. The molecule has 1 aromatic rings. The van der Waals surface area contributed by atoms with Crippen molar-refractivity contribution in [2.75, 3.05) is 6.61 Å². The van der Waals surface area contributed by atoms with Gasteiger partial charge >= 0.3 is 5.97 Å². The van der Waals surface area contributed by atoms with Crippen molar-refractivity contribution in [3.05, 3.63) is 35.9 Å². The number of ether oxygens (including phenoxy) is 1. The van der Waals surface area contributed by atoms with Gasteiger partial charge in [-0.2, -0.15) is 0 Å². The summed E-state index contributed by atoms with van der Waals surface area (Å²) in [6.45, 7) is 3.82. The Labute approximate surface area is 111 Å². The summed E-state index contributed by atoms with van der Waals surface area (Å²) < 4.78 is 5.41. The Morgan fingerprint density at radius 3 is 2.74 bits per heavy atom. The Kier molecular flexibility index (Phi) is 5.60. The van der Waals surface area contributed by atoms with Crippen LogP contribution in [0.5, 0.6) is 5.75 Å². The predicted molar refractivity (Wildman–Crippen MR) is 71.9 cm³/mol. The summed E-state index contributed by atoms with van der Waals surface area (Å²) in [6, 6.07) is 6.38. The van der Waals surface area contributed by atoms with Crippen molar-refractivity contribution in [2.45, 2.75) is 19.9 Å². The Morgan fingerprint density at radius 2 is 2.11 bits per heavy atom. The summed E-state index contributed by atoms with van der Waals surface area (Å²) in [6.07, 6.45) is 2.88. The van der Waals surface area contributed by atoms with Gasteiger partial charge < -0.3 is 15.2 Å². The van der Waals surface area contributed by atoms with Crippen molar-refractivity contribution < 1.29 is 19.4 Å². The largest absolute Gasteiger partial charge is 0.493 e. The van der Waals surface area contributed by atoms with Gasteiger partial charge in [0.05, 0.1) is 6.61 Å². The van der Waals surface area contributed by atoms with Gasteiger partial charge in [-0.1, -0.05) is 18.2 Å². The number of para-hydroxylation sites is 1. The van der Waals surface area contributed by atoms with Crippen molar-refractivity contribution >= 4 is 18.0 Å². The SMILES string of the molecule is CCOc1ccccc1C=CC(=O)N[C@H](C)C(=O)O. The van der Waals surface area contributed by atoms with E-state index in [1.54, 1.807) is 12.1 Å². The van der Waals surface area contributed by atoms with Gasteiger partial charge in [0.15, 0.2) is 0 Å². The topological polar surface area (TPSA) is 75.6 Å². The van der Waals surface area contributed by atoms with Crippen molar-refractivity contribution in [3.63, 3.8) is 0 Å². The van der Waals surface area contributed by atoms with Crippen molar-refractivity contribution in [3.8, 4) is 5.75 Å². The summed E-state index contributed by atoms with van der Waals surface area (Å²) in [5.74, 6) is -0.849. The lowest BCUT2D eigenvalue weighted by Crippen LogP contribution is -2.37. The fourth-order valence-electron chi connectivity index (χ4n) is 1.39. The van der Waals surface area contributed by atoms with Crippen LogP contribution in [0, 0.1) is 0 Å². The van der Waals surface area contributed by atoms with Crippen LogP contribution in [0.15, 0.2) is 30.3 Å². The van der Waals surface area contributed by atoms with E-state index in [4.69, 9.17) is 9.84 Å². The maximum Gasteiger partial charge on any atom is 0.325 e. The second kappa shape index (κ2) is 7.20. The smallest absolute Gasteiger partial charge is 0.325 e. The average molecular weight is 263 g/mol. The summed E-state index contributed by atoms with van der Waals surface area (Å²) in [5.41, 5.74) is 0.766. The van der Waals surface area contributed by atoms with Crippen molar-refractivity contribution in [1.82, 2.24) is 5.32 Å².